The second-order valence-electron chi connectivity index (χ2n) is 9.73. The molecule has 3 aromatic rings. The monoisotopic (exact) mass is 556 g/mol. The van der Waals surface area contributed by atoms with E-state index in [-0.39, 0.29) is 29.6 Å². The Morgan fingerprint density at radius 2 is 1.70 bits per heavy atom. The average Bonchev–Trinajstić information content (AvgIpc) is 2.95. The number of anilines is 2. The summed E-state index contributed by atoms with van der Waals surface area (Å²) in [5, 5.41) is 3.13. The zero-order valence-electron chi connectivity index (χ0n) is 22.8. The first-order chi connectivity index (χ1) is 19.6. The number of ether oxygens (including phenoxy) is 5. The first kappa shape index (κ1) is 27.9. The second-order valence-corrected chi connectivity index (χ2v) is 9.73. The number of hydrogen-bond acceptors (Lipinski definition) is 9. The van der Waals surface area contributed by atoms with Crippen molar-refractivity contribution in [3.05, 3.63) is 59.4 Å². The van der Waals surface area contributed by atoms with Gasteiger partial charge >= 0.3 is 0 Å². The summed E-state index contributed by atoms with van der Waals surface area (Å²) in [5.41, 5.74) is 1.02. The van der Waals surface area contributed by atoms with Crippen molar-refractivity contribution in [2.24, 2.45) is 0 Å². The summed E-state index contributed by atoms with van der Waals surface area (Å²) < 4.78 is 57.6. The predicted octanol–water partition coefficient (Wildman–Crippen LogP) is 5.07. The molecule has 2 heterocycles. The minimum absolute atomic E-state index is 0.0154. The molecule has 1 N–H and O–H groups in total. The molecule has 0 bridgehead atoms. The van der Waals surface area contributed by atoms with Crippen LogP contribution in [-0.2, 0) is 11.3 Å². The Morgan fingerprint density at radius 1 is 0.950 bits per heavy atom. The maximum atomic E-state index is 15.1. The van der Waals surface area contributed by atoms with Crippen molar-refractivity contribution in [2.75, 3.05) is 59.0 Å². The first-order valence-corrected chi connectivity index (χ1v) is 13.4. The topological polar surface area (TPSA) is 87.2 Å². The number of halogens is 2. The van der Waals surface area contributed by atoms with Crippen LogP contribution in [-0.4, -0.2) is 68.5 Å². The normalized spacial score (nSPS) is 15.8. The van der Waals surface area contributed by atoms with E-state index in [4.69, 9.17) is 23.7 Å². The van der Waals surface area contributed by atoms with Crippen molar-refractivity contribution in [2.45, 2.75) is 31.8 Å². The van der Waals surface area contributed by atoms with Crippen molar-refractivity contribution in [3.63, 3.8) is 0 Å². The van der Waals surface area contributed by atoms with Gasteiger partial charge in [0.1, 0.15) is 19.0 Å². The number of hydrogen-bond donors (Lipinski definition) is 1. The van der Waals surface area contributed by atoms with Crippen LogP contribution >= 0.6 is 0 Å². The molecule has 1 saturated carbocycles. The van der Waals surface area contributed by atoms with Gasteiger partial charge in [-0.25, -0.2) is 18.7 Å². The lowest BCUT2D eigenvalue weighted by Gasteiger charge is -2.27. The highest BCUT2D eigenvalue weighted by molar-refractivity contribution is 5.59. The highest BCUT2D eigenvalue weighted by Gasteiger charge is 2.28. The van der Waals surface area contributed by atoms with Gasteiger partial charge in [-0.15, -0.1) is 0 Å². The Hall–Kier alpha value is -3.70. The van der Waals surface area contributed by atoms with E-state index < -0.39 is 11.6 Å². The first-order valence-electron chi connectivity index (χ1n) is 13.4. The van der Waals surface area contributed by atoms with Crippen LogP contribution in [0.5, 0.6) is 23.0 Å². The molecule has 1 aromatic heterocycles. The van der Waals surface area contributed by atoms with Crippen LogP contribution in [0.2, 0.25) is 0 Å². The van der Waals surface area contributed by atoms with Crippen molar-refractivity contribution >= 4 is 11.6 Å². The number of aromatic nitrogens is 2. The van der Waals surface area contributed by atoms with E-state index >= 15 is 4.39 Å². The third kappa shape index (κ3) is 6.53. The zero-order chi connectivity index (χ0) is 27.9. The van der Waals surface area contributed by atoms with Crippen LogP contribution in [0.1, 0.15) is 36.3 Å². The fourth-order valence-corrected chi connectivity index (χ4v) is 4.70. The van der Waals surface area contributed by atoms with E-state index in [1.54, 1.807) is 13.2 Å². The summed E-state index contributed by atoms with van der Waals surface area (Å²) in [6, 6.07) is 6.91. The maximum Gasteiger partial charge on any atom is 0.227 e. The standard InChI is InChI=1S/C29H34F2N4O5/c1-36-24-7-6-20(14-25(24)39-13-10-35-8-11-38-12-9-35)34-29-32-16-21(17-33-29)40-18-23-27(30)22(19-4-3-5-19)15-26(37-2)28(23)31/h6-7,14-17,19H,3-5,8-13,18H2,1-2H3,(H,32,33,34). The minimum atomic E-state index is -0.759. The number of nitrogens with zero attached hydrogens (tertiary/aromatic N) is 3. The van der Waals surface area contributed by atoms with Crippen LogP contribution < -0.4 is 24.3 Å². The molecule has 0 radical (unpaired) electrons. The molecule has 2 aliphatic rings. The highest BCUT2D eigenvalue weighted by Crippen LogP contribution is 2.41. The molecular formula is C29H34F2N4O5. The van der Waals surface area contributed by atoms with E-state index in [0.717, 1.165) is 52.1 Å². The van der Waals surface area contributed by atoms with E-state index in [9.17, 15) is 4.39 Å². The SMILES string of the molecule is COc1ccc(Nc2ncc(OCc3c(F)c(OC)cc(C4CCC4)c3F)cn2)cc1OCCN1CCOCC1. The second kappa shape index (κ2) is 13.1. The summed E-state index contributed by atoms with van der Waals surface area (Å²) >= 11 is 0. The summed E-state index contributed by atoms with van der Waals surface area (Å²) in [4.78, 5) is 10.8. The lowest BCUT2D eigenvalue weighted by molar-refractivity contribution is 0.0321. The van der Waals surface area contributed by atoms with E-state index in [0.29, 0.717) is 35.3 Å². The fraction of sp³-hybridized carbons (Fsp3) is 0.448. The van der Waals surface area contributed by atoms with Gasteiger partial charge in [0.2, 0.25) is 5.95 Å². The molecule has 2 fully saturated rings. The van der Waals surface area contributed by atoms with Gasteiger partial charge in [-0.1, -0.05) is 6.42 Å². The van der Waals surface area contributed by atoms with Gasteiger partial charge in [-0.3, -0.25) is 4.90 Å². The van der Waals surface area contributed by atoms with Crippen molar-refractivity contribution in [1.82, 2.24) is 14.9 Å². The van der Waals surface area contributed by atoms with Crippen LogP contribution in [0.4, 0.5) is 20.4 Å². The maximum absolute atomic E-state index is 15.1. The highest BCUT2D eigenvalue weighted by atomic mass is 19.1. The van der Waals surface area contributed by atoms with Gasteiger partial charge in [0.15, 0.2) is 28.8 Å². The van der Waals surface area contributed by atoms with E-state index in [2.05, 4.69) is 20.2 Å². The summed E-state index contributed by atoms with van der Waals surface area (Å²) in [5.74, 6) is 0.577. The van der Waals surface area contributed by atoms with Gasteiger partial charge in [-0.2, -0.15) is 0 Å². The van der Waals surface area contributed by atoms with Crippen molar-refractivity contribution in [1.29, 1.82) is 0 Å². The van der Waals surface area contributed by atoms with Crippen LogP contribution in [0.3, 0.4) is 0 Å². The molecule has 9 nitrogen and oxygen atoms in total. The number of benzene rings is 2. The van der Waals surface area contributed by atoms with Gasteiger partial charge in [0.05, 0.1) is 45.4 Å². The molecular weight excluding hydrogens is 522 g/mol. The number of rotatable bonds is 12. The van der Waals surface area contributed by atoms with Crippen LogP contribution in [0, 0.1) is 11.6 Å². The molecule has 0 unspecified atom stereocenters. The van der Waals surface area contributed by atoms with Crippen molar-refractivity contribution in [3.8, 4) is 23.0 Å². The quantitative estimate of drug-likeness (QED) is 0.328. The molecule has 0 atom stereocenters. The Bertz CT molecular complexity index is 1280. The molecule has 40 heavy (non-hydrogen) atoms. The fourth-order valence-electron chi connectivity index (χ4n) is 4.70. The molecule has 1 saturated heterocycles. The minimum Gasteiger partial charge on any atom is -0.494 e. The lowest BCUT2D eigenvalue weighted by Crippen LogP contribution is -2.38. The molecule has 214 valence electrons. The van der Waals surface area contributed by atoms with Crippen LogP contribution in [0.15, 0.2) is 36.7 Å². The molecule has 5 rings (SSSR count). The molecule has 0 amide bonds. The Labute approximate surface area is 232 Å². The van der Waals surface area contributed by atoms with Crippen molar-refractivity contribution < 1.29 is 32.5 Å². The molecule has 2 aromatic carbocycles. The van der Waals surface area contributed by atoms with E-state index in [1.807, 2.05) is 12.1 Å². The number of morpholine rings is 1. The summed E-state index contributed by atoms with van der Waals surface area (Å²) in [7, 11) is 2.96. The Morgan fingerprint density at radius 3 is 2.38 bits per heavy atom. The molecule has 11 heteroatoms. The largest absolute Gasteiger partial charge is 0.494 e. The third-order valence-electron chi connectivity index (χ3n) is 7.25. The zero-order valence-corrected chi connectivity index (χ0v) is 22.8. The Balaban J connectivity index is 1.20. The number of methoxy groups -OCH3 is 2. The van der Waals surface area contributed by atoms with Crippen LogP contribution in [0.25, 0.3) is 0 Å². The third-order valence-corrected chi connectivity index (χ3v) is 7.25. The summed E-state index contributed by atoms with van der Waals surface area (Å²) in [6.07, 6.45) is 5.69. The van der Waals surface area contributed by atoms with Gasteiger partial charge in [0, 0.05) is 31.4 Å². The summed E-state index contributed by atoms with van der Waals surface area (Å²) in [6.45, 7) is 4.26. The molecule has 1 aliphatic heterocycles. The van der Waals surface area contributed by atoms with Gasteiger partial charge in [0.25, 0.3) is 0 Å². The Kier molecular flexibility index (Phi) is 9.12. The lowest BCUT2D eigenvalue weighted by atomic mass is 9.79. The molecule has 1 aliphatic carbocycles. The smallest absolute Gasteiger partial charge is 0.227 e. The van der Waals surface area contributed by atoms with Gasteiger partial charge in [-0.05, 0) is 42.5 Å². The predicted molar refractivity (Wildman–Crippen MR) is 145 cm³/mol. The average molecular weight is 557 g/mol. The van der Waals surface area contributed by atoms with Gasteiger partial charge < -0.3 is 29.0 Å². The molecule has 0 spiro atoms. The number of nitrogens with one attached hydrogen (secondary N) is 1. The van der Waals surface area contributed by atoms with E-state index in [1.165, 1.54) is 25.6 Å².